The molecule has 186 valence electrons. The van der Waals surface area contributed by atoms with Crippen molar-refractivity contribution in [2.75, 3.05) is 31.5 Å². The fraction of sp³-hybridized carbons (Fsp3) is 0.481. The lowest BCUT2D eigenvalue weighted by Gasteiger charge is -2.41. The highest BCUT2D eigenvalue weighted by molar-refractivity contribution is 5.89. The van der Waals surface area contributed by atoms with Crippen molar-refractivity contribution < 1.29 is 22.8 Å². The van der Waals surface area contributed by atoms with E-state index in [1.165, 1.54) is 23.3 Å². The van der Waals surface area contributed by atoms with Gasteiger partial charge in [0, 0.05) is 37.8 Å². The van der Waals surface area contributed by atoms with Crippen molar-refractivity contribution in [3.8, 4) is 0 Å². The molecule has 5 nitrogen and oxygen atoms in total. The Morgan fingerprint density at radius 3 is 2.17 bits per heavy atom. The third-order valence-electron chi connectivity index (χ3n) is 8.02. The number of anilines is 1. The number of benzene rings is 2. The molecule has 2 saturated heterocycles. The molecule has 2 fully saturated rings. The number of nitrogens with one attached hydrogen (secondary N) is 1. The number of carbonyl (C=O) groups is 2. The van der Waals surface area contributed by atoms with Crippen molar-refractivity contribution >= 4 is 17.6 Å². The predicted octanol–water partition coefficient (Wildman–Crippen LogP) is 5.36. The number of piperidine rings is 1. The van der Waals surface area contributed by atoms with Gasteiger partial charge < -0.3 is 15.1 Å². The lowest BCUT2D eigenvalue weighted by atomic mass is 9.77. The maximum absolute atomic E-state index is 13.2. The standard InChI is InChI=1S/C27H30F3N3O2/c28-27(29,30)22-7-9-23(10-8-22)31-25(35)33-16-13-26(18-33)11-14-32(15-12-26)24(34)21-6-5-19-3-1-2-4-20(19)17-21/h1-4,7-10,21H,5-6,11-18H2,(H,31,35)/t21-/m1/s1. The number of hydrogen-bond donors (Lipinski definition) is 1. The molecule has 0 unspecified atom stereocenters. The third-order valence-corrected chi connectivity index (χ3v) is 8.02. The van der Waals surface area contributed by atoms with Gasteiger partial charge in [0.15, 0.2) is 0 Å². The zero-order valence-corrected chi connectivity index (χ0v) is 19.6. The highest BCUT2D eigenvalue weighted by atomic mass is 19.4. The summed E-state index contributed by atoms with van der Waals surface area (Å²) in [5.41, 5.74) is 2.26. The molecule has 1 N–H and O–H groups in total. The van der Waals surface area contributed by atoms with Crippen LogP contribution in [0.5, 0.6) is 0 Å². The zero-order chi connectivity index (χ0) is 24.6. The van der Waals surface area contributed by atoms with Crippen molar-refractivity contribution in [2.24, 2.45) is 11.3 Å². The van der Waals surface area contributed by atoms with E-state index in [1.54, 1.807) is 4.90 Å². The Morgan fingerprint density at radius 2 is 1.51 bits per heavy atom. The quantitative estimate of drug-likeness (QED) is 0.623. The summed E-state index contributed by atoms with van der Waals surface area (Å²) in [6, 6.07) is 12.6. The molecule has 2 heterocycles. The van der Waals surface area contributed by atoms with E-state index in [2.05, 4.69) is 23.5 Å². The smallest absolute Gasteiger partial charge is 0.342 e. The van der Waals surface area contributed by atoms with Gasteiger partial charge in [-0.3, -0.25) is 4.79 Å². The third kappa shape index (κ3) is 5.02. The van der Waals surface area contributed by atoms with Gasteiger partial charge in [-0.15, -0.1) is 0 Å². The lowest BCUT2D eigenvalue weighted by molar-refractivity contribution is -0.138. The summed E-state index contributed by atoms with van der Waals surface area (Å²) in [5.74, 6) is 0.304. The molecular formula is C27H30F3N3O2. The van der Waals surface area contributed by atoms with Crippen LogP contribution in [0, 0.1) is 11.3 Å². The summed E-state index contributed by atoms with van der Waals surface area (Å²) in [5, 5.41) is 2.72. The van der Waals surface area contributed by atoms with Crippen molar-refractivity contribution in [3.05, 3.63) is 65.2 Å². The number of rotatable bonds is 2. The molecule has 0 radical (unpaired) electrons. The molecule has 0 aromatic heterocycles. The number of halogens is 3. The summed E-state index contributed by atoms with van der Waals surface area (Å²) in [4.78, 5) is 29.7. The number of nitrogens with zero attached hydrogens (tertiary/aromatic N) is 2. The number of amides is 3. The average molecular weight is 486 g/mol. The molecule has 1 spiro atoms. The zero-order valence-electron chi connectivity index (χ0n) is 19.6. The van der Waals surface area contributed by atoms with Gasteiger partial charge in [-0.25, -0.2) is 4.79 Å². The first-order chi connectivity index (χ1) is 16.7. The van der Waals surface area contributed by atoms with Crippen molar-refractivity contribution in [1.82, 2.24) is 9.80 Å². The van der Waals surface area contributed by atoms with Gasteiger partial charge in [0.05, 0.1) is 5.56 Å². The molecule has 3 amide bonds. The second-order valence-electron chi connectivity index (χ2n) is 10.2. The van der Waals surface area contributed by atoms with E-state index >= 15 is 0 Å². The van der Waals surface area contributed by atoms with Crippen molar-refractivity contribution in [3.63, 3.8) is 0 Å². The Kier molecular flexibility index (Phi) is 6.23. The van der Waals surface area contributed by atoms with Crippen LogP contribution in [0.25, 0.3) is 0 Å². The minimum atomic E-state index is -4.40. The molecule has 8 heteroatoms. The van der Waals surface area contributed by atoms with Gasteiger partial charge in [-0.05, 0) is 79.3 Å². The predicted molar refractivity (Wildman–Crippen MR) is 127 cm³/mol. The van der Waals surface area contributed by atoms with Gasteiger partial charge in [-0.2, -0.15) is 13.2 Å². The molecule has 1 aliphatic carbocycles. The fourth-order valence-electron chi connectivity index (χ4n) is 5.83. The Balaban J connectivity index is 1.13. The maximum atomic E-state index is 13.2. The Labute approximate surface area is 203 Å². The van der Waals surface area contributed by atoms with Gasteiger partial charge in [-0.1, -0.05) is 24.3 Å². The van der Waals surface area contributed by atoms with Crippen LogP contribution in [0.15, 0.2) is 48.5 Å². The normalized spacial score (nSPS) is 21.6. The molecule has 0 saturated carbocycles. The number of alkyl halides is 3. The van der Waals surface area contributed by atoms with Crippen LogP contribution in [0.2, 0.25) is 0 Å². The Morgan fingerprint density at radius 1 is 0.886 bits per heavy atom. The number of urea groups is 1. The second-order valence-corrected chi connectivity index (χ2v) is 10.2. The lowest BCUT2D eigenvalue weighted by Crippen LogP contribution is -2.47. The fourth-order valence-corrected chi connectivity index (χ4v) is 5.83. The highest BCUT2D eigenvalue weighted by Gasteiger charge is 2.43. The molecule has 1 atom stereocenters. The van der Waals surface area contributed by atoms with Crippen LogP contribution in [0.4, 0.5) is 23.7 Å². The molecule has 2 aliphatic heterocycles. The van der Waals surface area contributed by atoms with Gasteiger partial charge in [0.25, 0.3) is 0 Å². The highest BCUT2D eigenvalue weighted by Crippen LogP contribution is 2.41. The molecule has 0 bridgehead atoms. The largest absolute Gasteiger partial charge is 0.416 e. The summed E-state index contributed by atoms with van der Waals surface area (Å²) >= 11 is 0. The summed E-state index contributed by atoms with van der Waals surface area (Å²) < 4.78 is 38.3. The summed E-state index contributed by atoms with van der Waals surface area (Å²) in [7, 11) is 0. The minimum Gasteiger partial charge on any atom is -0.342 e. The second kappa shape index (κ2) is 9.21. The number of aryl methyl sites for hydroxylation is 1. The van der Waals surface area contributed by atoms with E-state index in [1.807, 2.05) is 11.0 Å². The maximum Gasteiger partial charge on any atom is 0.416 e. The first-order valence-corrected chi connectivity index (χ1v) is 12.3. The van der Waals surface area contributed by atoms with E-state index in [9.17, 15) is 22.8 Å². The van der Waals surface area contributed by atoms with Gasteiger partial charge >= 0.3 is 12.2 Å². The van der Waals surface area contributed by atoms with Gasteiger partial charge in [0.1, 0.15) is 0 Å². The molecular weight excluding hydrogens is 455 g/mol. The molecule has 2 aromatic rings. The van der Waals surface area contributed by atoms with E-state index in [0.29, 0.717) is 31.9 Å². The van der Waals surface area contributed by atoms with E-state index in [0.717, 1.165) is 50.7 Å². The SMILES string of the molecule is O=C(Nc1ccc(C(F)(F)F)cc1)N1CCC2(CCN(C(=O)[C@@H]3CCc4ccccc4C3)CC2)C1. The minimum absolute atomic E-state index is 0.00737. The summed E-state index contributed by atoms with van der Waals surface area (Å²) in [6.45, 7) is 2.65. The van der Waals surface area contributed by atoms with Crippen LogP contribution in [-0.2, 0) is 23.8 Å². The number of hydrogen-bond acceptors (Lipinski definition) is 2. The Bertz CT molecular complexity index is 1090. The van der Waals surface area contributed by atoms with Crippen molar-refractivity contribution in [1.29, 1.82) is 0 Å². The molecule has 3 aliphatic rings. The van der Waals surface area contributed by atoms with Crippen LogP contribution < -0.4 is 5.32 Å². The molecule has 35 heavy (non-hydrogen) atoms. The van der Waals surface area contributed by atoms with Crippen LogP contribution in [0.3, 0.4) is 0 Å². The van der Waals surface area contributed by atoms with E-state index in [-0.39, 0.29) is 23.3 Å². The number of carbonyl (C=O) groups excluding carboxylic acids is 2. The first kappa shape index (κ1) is 23.7. The van der Waals surface area contributed by atoms with Crippen LogP contribution in [-0.4, -0.2) is 47.9 Å². The number of fused-ring (bicyclic) bond motifs is 1. The molecule has 2 aromatic carbocycles. The van der Waals surface area contributed by atoms with Crippen LogP contribution in [0.1, 0.15) is 42.4 Å². The van der Waals surface area contributed by atoms with E-state index in [4.69, 9.17) is 0 Å². The van der Waals surface area contributed by atoms with E-state index < -0.39 is 11.7 Å². The number of likely N-dealkylation sites (tertiary alicyclic amines) is 2. The first-order valence-electron chi connectivity index (χ1n) is 12.3. The Hall–Kier alpha value is -3.03. The topological polar surface area (TPSA) is 52.7 Å². The summed E-state index contributed by atoms with van der Waals surface area (Å²) in [6.07, 6.45) is 0.878. The molecule has 5 rings (SSSR count). The van der Waals surface area contributed by atoms with Crippen LogP contribution >= 0.6 is 0 Å². The monoisotopic (exact) mass is 485 g/mol. The van der Waals surface area contributed by atoms with Gasteiger partial charge in [0.2, 0.25) is 5.91 Å². The average Bonchev–Trinajstić information content (AvgIpc) is 3.27. The van der Waals surface area contributed by atoms with Crippen molar-refractivity contribution in [2.45, 2.75) is 44.7 Å².